The lowest BCUT2D eigenvalue weighted by Crippen LogP contribution is -2.46. The molecule has 3 atom stereocenters. The predicted molar refractivity (Wildman–Crippen MR) is 59.2 cm³/mol. The van der Waals surface area contributed by atoms with Gasteiger partial charge in [-0.1, -0.05) is 6.42 Å². The second-order valence-electron chi connectivity index (χ2n) is 4.85. The summed E-state index contributed by atoms with van der Waals surface area (Å²) < 4.78 is 0. The van der Waals surface area contributed by atoms with Gasteiger partial charge in [0, 0.05) is 6.54 Å². The first-order chi connectivity index (χ1) is 7.87. The number of hydrogen-bond acceptors (Lipinski definition) is 4. The van der Waals surface area contributed by atoms with Crippen LogP contribution in [0.4, 0.5) is 0 Å². The maximum atomic E-state index is 11.8. The highest BCUT2D eigenvalue weighted by Gasteiger charge is 2.38. The molecule has 0 heterocycles. The standard InChI is InChI=1S/C11H19NO5/c1-11(17,6-13)5-12-9(14)7-3-2-4-8(7)10(15)16/h7-8,13,17H,2-6H2,1H3,(H,12,14)(H,15,16)/t7-,8+,11?/m1/s1. The van der Waals surface area contributed by atoms with Crippen LogP contribution in [0.25, 0.3) is 0 Å². The molecule has 1 amide bonds. The molecule has 1 fully saturated rings. The number of hydrogen-bond donors (Lipinski definition) is 4. The van der Waals surface area contributed by atoms with E-state index in [1.54, 1.807) is 0 Å². The van der Waals surface area contributed by atoms with Gasteiger partial charge in [-0.05, 0) is 19.8 Å². The molecule has 1 unspecified atom stereocenters. The number of carbonyl (C=O) groups excluding carboxylic acids is 1. The third kappa shape index (κ3) is 3.67. The zero-order valence-corrected chi connectivity index (χ0v) is 9.85. The third-order valence-electron chi connectivity index (χ3n) is 3.15. The molecule has 0 aliphatic heterocycles. The number of aliphatic carboxylic acids is 1. The van der Waals surface area contributed by atoms with Crippen LogP contribution < -0.4 is 5.32 Å². The molecular weight excluding hydrogens is 226 g/mol. The van der Waals surface area contributed by atoms with Crippen molar-refractivity contribution in [2.75, 3.05) is 13.2 Å². The molecule has 17 heavy (non-hydrogen) atoms. The maximum Gasteiger partial charge on any atom is 0.307 e. The first kappa shape index (κ1) is 13.9. The highest BCUT2D eigenvalue weighted by atomic mass is 16.4. The maximum absolute atomic E-state index is 11.8. The minimum absolute atomic E-state index is 0.0782. The average molecular weight is 245 g/mol. The summed E-state index contributed by atoms with van der Waals surface area (Å²) in [6.45, 7) is 0.863. The molecule has 6 heteroatoms. The summed E-state index contributed by atoms with van der Waals surface area (Å²) in [7, 11) is 0. The van der Waals surface area contributed by atoms with Crippen LogP contribution in [0.3, 0.4) is 0 Å². The number of amides is 1. The molecule has 0 saturated heterocycles. The van der Waals surface area contributed by atoms with E-state index in [0.717, 1.165) is 6.42 Å². The molecule has 0 aromatic heterocycles. The normalized spacial score (nSPS) is 27.5. The van der Waals surface area contributed by atoms with Crippen LogP contribution in [-0.2, 0) is 9.59 Å². The van der Waals surface area contributed by atoms with Gasteiger partial charge in [0.2, 0.25) is 5.91 Å². The van der Waals surface area contributed by atoms with Crippen molar-refractivity contribution in [3.8, 4) is 0 Å². The van der Waals surface area contributed by atoms with Crippen LogP contribution in [0.2, 0.25) is 0 Å². The Hall–Kier alpha value is -1.14. The van der Waals surface area contributed by atoms with E-state index in [9.17, 15) is 14.7 Å². The number of carboxylic acids is 1. The first-order valence-electron chi connectivity index (χ1n) is 5.71. The SMILES string of the molecule is CC(O)(CO)CNC(=O)[C@@H]1CCC[C@@H]1C(=O)O. The molecular formula is C11H19NO5. The Morgan fingerprint density at radius 1 is 1.35 bits per heavy atom. The van der Waals surface area contributed by atoms with E-state index in [0.29, 0.717) is 12.8 Å². The van der Waals surface area contributed by atoms with Crippen molar-refractivity contribution in [2.24, 2.45) is 11.8 Å². The van der Waals surface area contributed by atoms with Crippen molar-refractivity contribution >= 4 is 11.9 Å². The monoisotopic (exact) mass is 245 g/mol. The van der Waals surface area contributed by atoms with Crippen LogP contribution >= 0.6 is 0 Å². The van der Waals surface area contributed by atoms with E-state index in [2.05, 4.69) is 5.32 Å². The zero-order chi connectivity index (χ0) is 13.1. The van der Waals surface area contributed by atoms with E-state index in [4.69, 9.17) is 10.2 Å². The van der Waals surface area contributed by atoms with Crippen molar-refractivity contribution in [3.05, 3.63) is 0 Å². The largest absolute Gasteiger partial charge is 0.481 e. The minimum Gasteiger partial charge on any atom is -0.481 e. The van der Waals surface area contributed by atoms with Gasteiger partial charge >= 0.3 is 5.97 Å². The second kappa shape index (κ2) is 5.46. The van der Waals surface area contributed by atoms with Gasteiger partial charge in [-0.25, -0.2) is 0 Å². The molecule has 0 aromatic carbocycles. The van der Waals surface area contributed by atoms with Crippen molar-refractivity contribution < 1.29 is 24.9 Å². The van der Waals surface area contributed by atoms with E-state index in [1.165, 1.54) is 6.92 Å². The summed E-state index contributed by atoms with van der Waals surface area (Å²) in [4.78, 5) is 22.7. The van der Waals surface area contributed by atoms with Crippen LogP contribution in [0.5, 0.6) is 0 Å². The van der Waals surface area contributed by atoms with Gasteiger partial charge in [-0.3, -0.25) is 9.59 Å². The zero-order valence-electron chi connectivity index (χ0n) is 9.85. The van der Waals surface area contributed by atoms with Gasteiger partial charge in [0.25, 0.3) is 0 Å². The summed E-state index contributed by atoms with van der Waals surface area (Å²) in [5.41, 5.74) is -1.37. The summed E-state index contributed by atoms with van der Waals surface area (Å²) in [6.07, 6.45) is 1.80. The van der Waals surface area contributed by atoms with Crippen molar-refractivity contribution in [2.45, 2.75) is 31.8 Å². The Kier molecular flexibility index (Phi) is 4.47. The molecule has 98 valence electrons. The Morgan fingerprint density at radius 3 is 2.47 bits per heavy atom. The number of rotatable bonds is 5. The molecule has 0 bridgehead atoms. The Balaban J connectivity index is 2.50. The van der Waals surface area contributed by atoms with Crippen molar-refractivity contribution in [3.63, 3.8) is 0 Å². The van der Waals surface area contributed by atoms with Crippen molar-refractivity contribution in [1.82, 2.24) is 5.32 Å². The lowest BCUT2D eigenvalue weighted by atomic mass is 9.95. The molecule has 0 aromatic rings. The molecule has 0 radical (unpaired) electrons. The van der Waals surface area contributed by atoms with E-state index in [1.807, 2.05) is 0 Å². The van der Waals surface area contributed by atoms with Crippen LogP contribution in [0, 0.1) is 11.8 Å². The Bertz CT molecular complexity index is 302. The molecule has 1 aliphatic carbocycles. The molecule has 1 aliphatic rings. The fraction of sp³-hybridized carbons (Fsp3) is 0.818. The van der Waals surface area contributed by atoms with Gasteiger partial charge in [0.05, 0.1) is 18.4 Å². The summed E-state index contributed by atoms with van der Waals surface area (Å²) in [5, 5.41) is 29.8. The van der Waals surface area contributed by atoms with Crippen LogP contribution in [0.1, 0.15) is 26.2 Å². The second-order valence-corrected chi connectivity index (χ2v) is 4.85. The highest BCUT2D eigenvalue weighted by molar-refractivity contribution is 5.85. The molecule has 6 nitrogen and oxygen atoms in total. The quantitative estimate of drug-likeness (QED) is 0.515. The Labute approximate surface area is 99.6 Å². The number of aliphatic hydroxyl groups excluding tert-OH is 1. The van der Waals surface area contributed by atoms with Gasteiger partial charge in [-0.15, -0.1) is 0 Å². The fourth-order valence-electron chi connectivity index (χ4n) is 2.03. The number of carboxylic acid groups (broad SMARTS) is 1. The smallest absolute Gasteiger partial charge is 0.307 e. The van der Waals surface area contributed by atoms with Gasteiger partial charge in [0.1, 0.15) is 5.60 Å². The number of nitrogens with one attached hydrogen (secondary N) is 1. The summed E-state index contributed by atoms with van der Waals surface area (Å²) >= 11 is 0. The van der Waals surface area contributed by atoms with E-state index >= 15 is 0 Å². The summed E-state index contributed by atoms with van der Waals surface area (Å²) in [5.74, 6) is -2.46. The van der Waals surface area contributed by atoms with Gasteiger partial charge in [-0.2, -0.15) is 0 Å². The van der Waals surface area contributed by atoms with Crippen molar-refractivity contribution in [1.29, 1.82) is 0 Å². The minimum atomic E-state index is -1.37. The van der Waals surface area contributed by atoms with E-state index in [-0.39, 0.29) is 12.5 Å². The number of aliphatic hydroxyl groups is 2. The predicted octanol–water partition coefficient (Wildman–Crippen LogP) is -0.653. The highest BCUT2D eigenvalue weighted by Crippen LogP contribution is 2.32. The van der Waals surface area contributed by atoms with Crippen LogP contribution in [-0.4, -0.2) is 45.9 Å². The van der Waals surface area contributed by atoms with Gasteiger partial charge in [0.15, 0.2) is 0 Å². The Morgan fingerprint density at radius 2 is 1.94 bits per heavy atom. The summed E-state index contributed by atoms with van der Waals surface area (Å²) in [6, 6.07) is 0. The fourth-order valence-corrected chi connectivity index (χ4v) is 2.03. The lowest BCUT2D eigenvalue weighted by Gasteiger charge is -2.22. The molecule has 4 N–H and O–H groups in total. The van der Waals surface area contributed by atoms with Crippen LogP contribution in [0.15, 0.2) is 0 Å². The number of carbonyl (C=O) groups is 2. The van der Waals surface area contributed by atoms with E-state index < -0.39 is 30.0 Å². The topological polar surface area (TPSA) is 107 Å². The molecule has 1 rings (SSSR count). The lowest BCUT2D eigenvalue weighted by molar-refractivity contribution is -0.146. The average Bonchev–Trinajstić information content (AvgIpc) is 2.75. The molecule has 0 spiro atoms. The first-order valence-corrected chi connectivity index (χ1v) is 5.71. The molecule has 1 saturated carbocycles. The van der Waals surface area contributed by atoms with Gasteiger partial charge < -0.3 is 20.6 Å². The third-order valence-corrected chi connectivity index (χ3v) is 3.15.